The second kappa shape index (κ2) is 6.44. The van der Waals surface area contributed by atoms with E-state index in [2.05, 4.69) is 33.9 Å². The molecule has 0 fully saturated rings. The van der Waals surface area contributed by atoms with Gasteiger partial charge in [0, 0.05) is 24.8 Å². The van der Waals surface area contributed by atoms with Crippen LogP contribution in [-0.4, -0.2) is 21.5 Å². The Morgan fingerprint density at radius 3 is 2.42 bits per heavy atom. The Kier molecular flexibility index (Phi) is 5.44. The second-order valence-corrected chi connectivity index (χ2v) is 11.2. The van der Waals surface area contributed by atoms with E-state index in [4.69, 9.17) is 14.9 Å². The Morgan fingerprint density at radius 1 is 1.16 bits per heavy atom. The van der Waals surface area contributed by atoms with Gasteiger partial charge in [0.15, 0.2) is 8.32 Å². The van der Waals surface area contributed by atoms with Crippen LogP contribution in [-0.2, 0) is 4.43 Å². The molecule has 0 saturated carbocycles. The van der Waals surface area contributed by atoms with Crippen molar-refractivity contribution >= 4 is 14.0 Å². The average Bonchev–Trinajstić information content (AvgIpc) is 2.27. The fraction of sp³-hybridized carbons (Fsp3) is 0.600. The number of nitrogen functional groups attached to an aromatic ring is 1. The highest BCUT2D eigenvalue weighted by atomic mass is 28.4. The van der Waals surface area contributed by atoms with Crippen LogP contribution in [0.4, 0.5) is 5.69 Å². The summed E-state index contributed by atoms with van der Waals surface area (Å²) in [7, 11) is -1.62. The first-order valence-corrected chi connectivity index (χ1v) is 9.75. The normalized spacial score (nSPS) is 12.5. The lowest BCUT2D eigenvalue weighted by Crippen LogP contribution is -2.41. The van der Waals surface area contributed by atoms with Crippen molar-refractivity contribution in [2.75, 3.05) is 18.9 Å². The molecule has 0 heterocycles. The molecule has 0 spiro atoms. The van der Waals surface area contributed by atoms with Crippen LogP contribution in [0, 0.1) is 0 Å². The molecule has 108 valence electrons. The van der Waals surface area contributed by atoms with Gasteiger partial charge < -0.3 is 14.9 Å². The largest absolute Gasteiger partial charge is 0.493 e. The number of anilines is 1. The van der Waals surface area contributed by atoms with Crippen molar-refractivity contribution < 1.29 is 9.16 Å². The van der Waals surface area contributed by atoms with Crippen LogP contribution in [0.1, 0.15) is 27.2 Å². The summed E-state index contributed by atoms with van der Waals surface area (Å²) >= 11 is 0. The predicted octanol–water partition coefficient (Wildman–Crippen LogP) is 4.06. The maximum atomic E-state index is 6.09. The highest BCUT2D eigenvalue weighted by molar-refractivity contribution is 6.74. The van der Waals surface area contributed by atoms with Crippen molar-refractivity contribution in [3.63, 3.8) is 0 Å². The minimum absolute atomic E-state index is 0.266. The molecule has 0 radical (unpaired) electrons. The molecule has 3 nitrogen and oxygen atoms in total. The summed E-state index contributed by atoms with van der Waals surface area (Å²) in [6, 6.07) is 7.52. The summed E-state index contributed by atoms with van der Waals surface area (Å²) in [6.45, 7) is 12.7. The van der Waals surface area contributed by atoms with Crippen LogP contribution in [0.25, 0.3) is 0 Å². The molecular formula is C15H27NO2Si. The van der Waals surface area contributed by atoms with Crippen LogP contribution in [0.3, 0.4) is 0 Å². The maximum absolute atomic E-state index is 6.09. The summed E-state index contributed by atoms with van der Waals surface area (Å²) in [6.07, 6.45) is 0.904. The van der Waals surface area contributed by atoms with Gasteiger partial charge in [0.05, 0.1) is 6.61 Å². The molecule has 0 unspecified atom stereocenters. The summed E-state index contributed by atoms with van der Waals surface area (Å²) in [5.74, 6) is 0.826. The minimum Gasteiger partial charge on any atom is -0.493 e. The SMILES string of the molecule is CC(C)(C)[Si](C)(C)OCCCOc1cccc(N)c1. The highest BCUT2D eigenvalue weighted by Crippen LogP contribution is 2.36. The summed E-state index contributed by atoms with van der Waals surface area (Å²) in [4.78, 5) is 0. The third-order valence-electron chi connectivity index (χ3n) is 3.68. The van der Waals surface area contributed by atoms with Gasteiger partial charge in [-0.25, -0.2) is 0 Å². The standard InChI is InChI=1S/C15H27NO2Si/c1-15(2,3)19(4,5)18-11-7-10-17-14-9-6-8-13(16)12-14/h6,8-9,12H,7,10-11,16H2,1-5H3. The van der Waals surface area contributed by atoms with Crippen molar-refractivity contribution in [3.8, 4) is 5.75 Å². The first-order valence-electron chi connectivity index (χ1n) is 6.85. The van der Waals surface area contributed by atoms with Gasteiger partial charge in [-0.3, -0.25) is 0 Å². The molecule has 4 heteroatoms. The van der Waals surface area contributed by atoms with E-state index in [0.29, 0.717) is 6.61 Å². The molecule has 0 saturated heterocycles. The molecule has 19 heavy (non-hydrogen) atoms. The Hall–Kier alpha value is -1.00. The van der Waals surface area contributed by atoms with E-state index in [1.165, 1.54) is 0 Å². The van der Waals surface area contributed by atoms with Crippen LogP contribution in [0.15, 0.2) is 24.3 Å². The lowest BCUT2D eigenvalue weighted by molar-refractivity contribution is 0.234. The van der Waals surface area contributed by atoms with Crippen molar-refractivity contribution in [1.29, 1.82) is 0 Å². The van der Waals surface area contributed by atoms with Gasteiger partial charge in [-0.05, 0) is 30.3 Å². The van der Waals surface area contributed by atoms with E-state index in [9.17, 15) is 0 Å². The van der Waals surface area contributed by atoms with Gasteiger partial charge in [-0.2, -0.15) is 0 Å². The zero-order chi connectivity index (χ0) is 14.5. The third-order valence-corrected chi connectivity index (χ3v) is 8.22. The number of hydrogen-bond donors (Lipinski definition) is 1. The zero-order valence-corrected chi connectivity index (χ0v) is 13.8. The molecule has 1 aromatic carbocycles. The smallest absolute Gasteiger partial charge is 0.191 e. The quantitative estimate of drug-likeness (QED) is 0.486. The van der Waals surface area contributed by atoms with Crippen molar-refractivity contribution in [1.82, 2.24) is 0 Å². The van der Waals surface area contributed by atoms with E-state index in [1.807, 2.05) is 24.3 Å². The monoisotopic (exact) mass is 281 g/mol. The van der Waals surface area contributed by atoms with Gasteiger partial charge in [0.2, 0.25) is 0 Å². The third kappa shape index (κ3) is 5.24. The molecule has 0 bridgehead atoms. The maximum Gasteiger partial charge on any atom is 0.191 e. The summed E-state index contributed by atoms with van der Waals surface area (Å²) in [5, 5.41) is 0.266. The Balaban J connectivity index is 2.25. The van der Waals surface area contributed by atoms with Crippen LogP contribution in [0.5, 0.6) is 5.75 Å². The number of rotatable bonds is 6. The molecule has 0 atom stereocenters. The molecule has 1 aromatic rings. The van der Waals surface area contributed by atoms with Gasteiger partial charge in [0.25, 0.3) is 0 Å². The van der Waals surface area contributed by atoms with Gasteiger partial charge in [-0.1, -0.05) is 26.8 Å². The molecule has 0 aliphatic carbocycles. The molecular weight excluding hydrogens is 254 g/mol. The van der Waals surface area contributed by atoms with Crippen LogP contribution < -0.4 is 10.5 Å². The minimum atomic E-state index is -1.62. The zero-order valence-electron chi connectivity index (χ0n) is 12.8. The Bertz CT molecular complexity index is 399. The first kappa shape index (κ1) is 16.1. The van der Waals surface area contributed by atoms with Crippen molar-refractivity contribution in [2.24, 2.45) is 0 Å². The highest BCUT2D eigenvalue weighted by Gasteiger charge is 2.36. The number of ether oxygens (including phenoxy) is 1. The second-order valence-electron chi connectivity index (χ2n) is 6.38. The van der Waals surface area contributed by atoms with Gasteiger partial charge >= 0.3 is 0 Å². The van der Waals surface area contributed by atoms with Crippen LogP contribution >= 0.6 is 0 Å². The fourth-order valence-electron chi connectivity index (χ4n) is 1.40. The van der Waals surface area contributed by atoms with E-state index in [0.717, 1.165) is 24.5 Å². The van der Waals surface area contributed by atoms with Crippen LogP contribution in [0.2, 0.25) is 18.1 Å². The van der Waals surface area contributed by atoms with Crippen molar-refractivity contribution in [3.05, 3.63) is 24.3 Å². The molecule has 0 aliphatic heterocycles. The molecule has 0 aromatic heterocycles. The molecule has 0 aliphatic rings. The number of hydrogen-bond acceptors (Lipinski definition) is 3. The topological polar surface area (TPSA) is 44.5 Å². The fourth-order valence-corrected chi connectivity index (χ4v) is 2.48. The van der Waals surface area contributed by atoms with Gasteiger partial charge in [-0.15, -0.1) is 0 Å². The van der Waals surface area contributed by atoms with Crippen molar-refractivity contribution in [2.45, 2.75) is 45.3 Å². The predicted molar refractivity (Wildman–Crippen MR) is 84.1 cm³/mol. The number of nitrogens with two attached hydrogens (primary N) is 1. The Morgan fingerprint density at radius 2 is 1.84 bits per heavy atom. The van der Waals surface area contributed by atoms with E-state index in [1.54, 1.807) is 0 Å². The lowest BCUT2D eigenvalue weighted by atomic mass is 10.2. The van der Waals surface area contributed by atoms with E-state index >= 15 is 0 Å². The van der Waals surface area contributed by atoms with E-state index in [-0.39, 0.29) is 5.04 Å². The summed E-state index contributed by atoms with van der Waals surface area (Å²) in [5.41, 5.74) is 6.43. The molecule has 2 N–H and O–H groups in total. The Labute approximate surface area is 118 Å². The molecule has 0 amide bonds. The average molecular weight is 281 g/mol. The first-order chi connectivity index (χ1) is 8.72. The van der Waals surface area contributed by atoms with E-state index < -0.39 is 8.32 Å². The molecule has 1 rings (SSSR count). The number of benzene rings is 1. The van der Waals surface area contributed by atoms with Gasteiger partial charge in [0.1, 0.15) is 5.75 Å². The lowest BCUT2D eigenvalue weighted by Gasteiger charge is -2.36. The summed E-state index contributed by atoms with van der Waals surface area (Å²) < 4.78 is 11.7.